The highest BCUT2D eigenvalue weighted by Crippen LogP contribution is 2.44. The second-order valence-corrected chi connectivity index (χ2v) is 28.7. The Morgan fingerprint density at radius 1 is 0.543 bits per heavy atom. The monoisotopic (exact) mass is 1300 g/mol. The number of rotatable bonds is 29. The largest absolute Gasteiger partial charge is 0.487 e. The summed E-state index contributed by atoms with van der Waals surface area (Å²) in [6.07, 6.45) is 9.63. The van der Waals surface area contributed by atoms with E-state index in [1.54, 1.807) is 40.1 Å². The molecule has 0 spiro atoms. The van der Waals surface area contributed by atoms with Crippen molar-refractivity contribution in [3.63, 3.8) is 0 Å². The molecule has 23 nitrogen and oxygen atoms in total. The van der Waals surface area contributed by atoms with Crippen LogP contribution in [0.5, 0.6) is 11.5 Å². The van der Waals surface area contributed by atoms with Crippen LogP contribution >= 0.6 is 0 Å². The molecule has 0 radical (unpaired) electrons. The van der Waals surface area contributed by atoms with E-state index in [1.807, 2.05) is 90.1 Å². The lowest BCUT2D eigenvalue weighted by Gasteiger charge is -2.35. The molecule has 0 bridgehead atoms. The van der Waals surface area contributed by atoms with Gasteiger partial charge in [-0.2, -0.15) is 0 Å². The third-order valence-electron chi connectivity index (χ3n) is 17.5. The van der Waals surface area contributed by atoms with Crippen molar-refractivity contribution in [2.45, 2.75) is 186 Å². The minimum absolute atomic E-state index is 0.0364. The molecule has 25 heteroatoms. The number of hydrogen-bond donors (Lipinski definition) is 11. The fraction of sp³-hybridized carbons (Fsp3) is 0.493. The molecule has 0 fully saturated rings. The molecule has 6 aromatic rings. The number of sulfonamides is 2. The number of nitrogens with one attached hydrogen (secondary N) is 9. The molecule has 2 aliphatic rings. The Labute approximate surface area is 540 Å². The predicted molar refractivity (Wildman–Crippen MR) is 360 cm³/mol. The molecule has 92 heavy (non-hydrogen) atoms. The number of nitrogens with two attached hydrogens (primary N) is 2. The number of aromatic nitrogens is 2. The maximum atomic E-state index is 13.8. The smallest absolute Gasteiger partial charge is 0.264 e. The van der Waals surface area contributed by atoms with E-state index in [4.69, 9.17) is 20.9 Å². The van der Waals surface area contributed by atoms with Crippen LogP contribution in [0.4, 0.5) is 0 Å². The minimum Gasteiger partial charge on any atom is -0.487 e. The number of H-pyrrole nitrogens is 2. The first-order valence-corrected chi connectivity index (χ1v) is 34.8. The fourth-order valence-electron chi connectivity index (χ4n) is 12.3. The lowest BCUT2D eigenvalue weighted by Crippen LogP contribution is -2.48. The van der Waals surface area contributed by atoms with Gasteiger partial charge in [-0.1, -0.05) is 42.8 Å². The summed E-state index contributed by atoms with van der Waals surface area (Å²) in [5, 5.41) is 16.9. The van der Waals surface area contributed by atoms with E-state index in [1.165, 1.54) is 0 Å². The zero-order chi connectivity index (χ0) is 66.7. The standard InChI is InChI=1S/C67H93N13O10S2/c1-40-42(3)60(44(5)48-26-28-66(7,8)89-58(40)48)91(85,86)79-64(68)73-32-18-24-54(77-56(81)36-46-38-75-52-22-14-12-20-50(46)52)62(83)71-31-17-11-16-30-70-34-35-72-63(84)55(78-57(82)37-47-39-76-53-23-15-13-21-51(47)53)25-19-33-74-65(69)80-92(87,88)61-43(4)41(2)59-49(45(61)6)27-29-67(9,10)90-59/h12-15,20-23,38-39,54-55,70,75-76H,11,16-19,24-37H2,1-10H3,(H,71,83)(H,72,84)(H,77,81)(H,78,82)(H3,68,73,79)(H3,69,74,80)/t54-,55-/m1/s1. The number of para-hydroxylation sites is 2. The van der Waals surface area contributed by atoms with Crippen molar-refractivity contribution < 1.29 is 45.5 Å². The number of aromatic amines is 2. The van der Waals surface area contributed by atoms with Crippen LogP contribution in [0.15, 0.2) is 80.7 Å². The molecular formula is C67H93N13O10S2. The summed E-state index contributed by atoms with van der Waals surface area (Å²) in [7, 11) is -8.26. The van der Waals surface area contributed by atoms with Crippen molar-refractivity contribution >= 4 is 77.4 Å². The Hall–Kier alpha value is -8.16. The SMILES string of the molecule is Cc1c(C)c(S(=O)(=O)NC(N)=NCCC[C@@H](NC(=O)Cc2c[nH]c3ccccc23)C(=O)NCCCCCNCCNC(=O)[C@@H](CCCN=C(N)NS(=O)(=O)c2c(C)c(C)c3c(c2C)CCC(C)(C)O3)NC(=O)Cc2c[nH]c3ccccc23)c(C)c2c1OC(C)(C)CC2. The van der Waals surface area contributed by atoms with Crippen LogP contribution in [0.2, 0.25) is 0 Å². The van der Waals surface area contributed by atoms with Gasteiger partial charge in [-0.25, -0.2) is 26.3 Å². The van der Waals surface area contributed by atoms with Crippen LogP contribution < -0.4 is 57.0 Å². The number of carbonyl (C=O) groups excluding carboxylic acids is 4. The molecule has 2 aromatic heterocycles. The maximum absolute atomic E-state index is 13.8. The molecule has 0 saturated carbocycles. The second kappa shape index (κ2) is 30.1. The van der Waals surface area contributed by atoms with E-state index in [9.17, 15) is 36.0 Å². The molecule has 0 aliphatic carbocycles. The summed E-state index contributed by atoms with van der Waals surface area (Å²) in [6.45, 7) is 20.7. The zero-order valence-corrected chi connectivity index (χ0v) is 56.4. The number of benzene rings is 4. The van der Waals surface area contributed by atoms with Gasteiger partial charge in [0.2, 0.25) is 35.5 Å². The number of hydrogen-bond acceptors (Lipinski definition) is 13. The molecule has 8 rings (SSSR count). The lowest BCUT2D eigenvalue weighted by atomic mass is 9.88. The van der Waals surface area contributed by atoms with Gasteiger partial charge in [0.05, 0.1) is 22.6 Å². The highest BCUT2D eigenvalue weighted by atomic mass is 32.2. The molecule has 0 saturated heterocycles. The lowest BCUT2D eigenvalue weighted by molar-refractivity contribution is -0.128. The molecule has 2 aliphatic heterocycles. The summed E-state index contributed by atoms with van der Waals surface area (Å²) in [5.74, 6) is -0.575. The number of aliphatic imine (C=N–C) groups is 2. The summed E-state index contributed by atoms with van der Waals surface area (Å²) < 4.78 is 72.9. The average molecular weight is 1300 g/mol. The average Bonchev–Trinajstić information content (AvgIpc) is 0.986. The fourth-order valence-corrected chi connectivity index (χ4v) is 15.3. The number of fused-ring (bicyclic) bond motifs is 4. The normalized spacial score (nSPS) is 15.3. The summed E-state index contributed by atoms with van der Waals surface area (Å²) in [4.78, 5) is 69.8. The van der Waals surface area contributed by atoms with Gasteiger partial charge in [-0.05, 0) is 208 Å². The molecule has 4 amide bonds. The van der Waals surface area contributed by atoms with Crippen molar-refractivity contribution in [2.24, 2.45) is 21.5 Å². The van der Waals surface area contributed by atoms with E-state index < -0.39 is 32.1 Å². The summed E-state index contributed by atoms with van der Waals surface area (Å²) >= 11 is 0. The third-order valence-corrected chi connectivity index (χ3v) is 20.8. The molecule has 2 atom stereocenters. The first-order valence-electron chi connectivity index (χ1n) is 31.8. The van der Waals surface area contributed by atoms with E-state index in [-0.39, 0.29) is 102 Å². The van der Waals surface area contributed by atoms with Gasteiger partial charge in [-0.15, -0.1) is 0 Å². The van der Waals surface area contributed by atoms with Gasteiger partial charge in [0.1, 0.15) is 34.8 Å². The first kappa shape index (κ1) is 69.7. The number of amides is 4. The van der Waals surface area contributed by atoms with Crippen molar-refractivity contribution in [3.05, 3.63) is 117 Å². The molecule has 13 N–H and O–H groups in total. The van der Waals surface area contributed by atoms with E-state index in [2.05, 4.69) is 56.0 Å². The Kier molecular flexibility index (Phi) is 22.8. The summed E-state index contributed by atoms with van der Waals surface area (Å²) in [5.41, 5.74) is 20.6. The Bertz CT molecular complexity index is 3750. The van der Waals surface area contributed by atoms with Crippen LogP contribution in [-0.4, -0.2) is 125 Å². The molecule has 498 valence electrons. The number of guanidine groups is 2. The zero-order valence-electron chi connectivity index (χ0n) is 54.8. The van der Waals surface area contributed by atoms with Crippen LogP contribution in [0.1, 0.15) is 141 Å². The number of nitrogens with zero attached hydrogens (tertiary/aromatic N) is 2. The van der Waals surface area contributed by atoms with E-state index in [0.29, 0.717) is 74.0 Å². The highest BCUT2D eigenvalue weighted by molar-refractivity contribution is 7.90. The van der Waals surface area contributed by atoms with Gasteiger partial charge in [0, 0.05) is 66.9 Å². The number of ether oxygens (including phenoxy) is 2. The van der Waals surface area contributed by atoms with E-state index in [0.717, 1.165) is 92.4 Å². The molecule has 4 aromatic carbocycles. The van der Waals surface area contributed by atoms with E-state index >= 15 is 0 Å². The topological polar surface area (TPSA) is 348 Å². The van der Waals surface area contributed by atoms with Crippen LogP contribution in [-0.2, 0) is 64.9 Å². The Balaban J connectivity index is 0.794. The second-order valence-electron chi connectivity index (χ2n) is 25.5. The van der Waals surface area contributed by atoms with Gasteiger partial charge in [0.15, 0.2) is 0 Å². The molecule has 4 heterocycles. The third kappa shape index (κ3) is 17.5. The Morgan fingerprint density at radius 2 is 0.957 bits per heavy atom. The quantitative estimate of drug-likeness (QED) is 0.0134. The van der Waals surface area contributed by atoms with Gasteiger partial charge < -0.3 is 57.5 Å². The Morgan fingerprint density at radius 3 is 1.40 bits per heavy atom. The van der Waals surface area contributed by atoms with Gasteiger partial charge in [-0.3, -0.25) is 29.2 Å². The first-order chi connectivity index (χ1) is 43.6. The van der Waals surface area contributed by atoms with Crippen molar-refractivity contribution in [1.29, 1.82) is 0 Å². The van der Waals surface area contributed by atoms with Crippen molar-refractivity contribution in [1.82, 2.24) is 46.0 Å². The number of unbranched alkanes of at least 4 members (excludes halogenated alkanes) is 2. The molecular weight excluding hydrogens is 1210 g/mol. The maximum Gasteiger partial charge on any atom is 0.264 e. The highest BCUT2D eigenvalue weighted by Gasteiger charge is 2.36. The molecule has 0 unspecified atom stereocenters. The van der Waals surface area contributed by atoms with Crippen molar-refractivity contribution in [2.75, 3.05) is 39.3 Å². The van der Waals surface area contributed by atoms with Crippen molar-refractivity contribution in [3.8, 4) is 11.5 Å². The number of carbonyl (C=O) groups is 4. The minimum atomic E-state index is -4.13. The summed E-state index contributed by atoms with van der Waals surface area (Å²) in [6, 6.07) is 13.5. The van der Waals surface area contributed by atoms with Crippen LogP contribution in [0, 0.1) is 41.5 Å². The van der Waals surface area contributed by atoms with Crippen LogP contribution in [0.25, 0.3) is 21.8 Å². The van der Waals surface area contributed by atoms with Crippen LogP contribution in [0.3, 0.4) is 0 Å². The predicted octanol–water partition coefficient (Wildman–Crippen LogP) is 6.60. The van der Waals surface area contributed by atoms with Gasteiger partial charge >= 0.3 is 0 Å². The van der Waals surface area contributed by atoms with Gasteiger partial charge in [0.25, 0.3) is 20.0 Å².